The Bertz CT molecular complexity index is 450. The minimum Gasteiger partial charge on any atom is -0.478 e. The highest BCUT2D eigenvalue weighted by atomic mass is 16.4. The number of aromatic carboxylic acids is 1. The van der Waals surface area contributed by atoms with Crippen molar-refractivity contribution in [2.75, 3.05) is 0 Å². The molecule has 2 unspecified atom stereocenters. The Morgan fingerprint density at radius 3 is 2.56 bits per heavy atom. The molecule has 2 rings (SSSR count). The maximum atomic E-state index is 11.1. The lowest BCUT2D eigenvalue weighted by Crippen LogP contribution is -2.24. The molecule has 0 aromatic carbocycles. The van der Waals surface area contributed by atoms with Gasteiger partial charge in [0, 0.05) is 11.4 Å². The van der Waals surface area contributed by atoms with Gasteiger partial charge in [-0.05, 0) is 32.8 Å². The molecular weight excluding hydrogens is 230 g/mol. The first-order valence-electron chi connectivity index (χ1n) is 6.62. The minimum atomic E-state index is -0.891. The topological polar surface area (TPSA) is 62.5 Å². The predicted octanol–water partition coefficient (Wildman–Crippen LogP) is 2.67. The van der Waals surface area contributed by atoms with Gasteiger partial charge >= 0.3 is 5.97 Å². The van der Waals surface area contributed by atoms with E-state index in [-0.39, 0.29) is 12.1 Å². The fraction of sp³-hybridized carbons (Fsp3) is 0.643. The molecule has 1 fully saturated rings. The monoisotopic (exact) mass is 251 g/mol. The Balaban J connectivity index is 2.40. The van der Waals surface area contributed by atoms with Gasteiger partial charge < -0.3 is 14.8 Å². The molecule has 100 valence electrons. The lowest BCUT2D eigenvalue weighted by molar-refractivity contribution is 0.0694. The molecular formula is C14H21NO3. The molecule has 0 spiro atoms. The number of nitrogens with zero attached hydrogens (tertiary/aromatic N) is 1. The summed E-state index contributed by atoms with van der Waals surface area (Å²) in [6.45, 7) is 3.74. The van der Waals surface area contributed by atoms with Gasteiger partial charge in [-0.15, -0.1) is 0 Å². The van der Waals surface area contributed by atoms with E-state index in [4.69, 9.17) is 5.11 Å². The molecule has 1 aromatic heterocycles. The highest BCUT2D eigenvalue weighted by molar-refractivity contribution is 5.89. The first kappa shape index (κ1) is 13.1. The number of carboxylic acids is 1. The summed E-state index contributed by atoms with van der Waals surface area (Å²) in [7, 11) is 0. The predicted molar refractivity (Wildman–Crippen MR) is 69.0 cm³/mol. The minimum absolute atomic E-state index is 0.0283. The van der Waals surface area contributed by atoms with Gasteiger partial charge in [0.2, 0.25) is 0 Å². The zero-order valence-electron chi connectivity index (χ0n) is 11.0. The molecule has 4 nitrogen and oxygen atoms in total. The van der Waals surface area contributed by atoms with E-state index in [9.17, 15) is 9.90 Å². The SMILES string of the molecule is Cc1cc(C(=O)O)c(C)n1C1CCCCCC1O. The average molecular weight is 251 g/mol. The van der Waals surface area contributed by atoms with Gasteiger partial charge in [0.1, 0.15) is 0 Å². The van der Waals surface area contributed by atoms with E-state index in [0.717, 1.165) is 43.5 Å². The van der Waals surface area contributed by atoms with E-state index in [2.05, 4.69) is 0 Å². The Hall–Kier alpha value is -1.29. The highest BCUT2D eigenvalue weighted by Gasteiger charge is 2.27. The largest absolute Gasteiger partial charge is 0.478 e. The molecule has 4 heteroatoms. The van der Waals surface area contributed by atoms with Crippen molar-refractivity contribution in [2.45, 2.75) is 58.1 Å². The number of aromatic nitrogens is 1. The van der Waals surface area contributed by atoms with Crippen LogP contribution < -0.4 is 0 Å². The van der Waals surface area contributed by atoms with Crippen LogP contribution >= 0.6 is 0 Å². The summed E-state index contributed by atoms with van der Waals surface area (Å²) in [5.41, 5.74) is 2.03. The summed E-state index contributed by atoms with van der Waals surface area (Å²) in [6, 6.07) is 1.73. The molecule has 1 aliphatic rings. The molecule has 1 aliphatic carbocycles. The Morgan fingerprint density at radius 1 is 1.28 bits per heavy atom. The van der Waals surface area contributed by atoms with Crippen LogP contribution in [0.25, 0.3) is 0 Å². The number of carbonyl (C=O) groups is 1. The molecule has 0 saturated heterocycles. The summed E-state index contributed by atoms with van der Waals surface area (Å²) in [5, 5.41) is 19.4. The van der Waals surface area contributed by atoms with Crippen LogP contribution in [-0.4, -0.2) is 26.9 Å². The van der Waals surface area contributed by atoms with Gasteiger partial charge in [0.25, 0.3) is 0 Å². The fourth-order valence-corrected chi connectivity index (χ4v) is 3.07. The van der Waals surface area contributed by atoms with Crippen molar-refractivity contribution < 1.29 is 15.0 Å². The van der Waals surface area contributed by atoms with Crippen LogP contribution in [0.1, 0.15) is 59.9 Å². The van der Waals surface area contributed by atoms with Crippen LogP contribution in [0.5, 0.6) is 0 Å². The third-order valence-corrected chi connectivity index (χ3v) is 3.99. The van der Waals surface area contributed by atoms with Crippen LogP contribution in [0.4, 0.5) is 0 Å². The highest BCUT2D eigenvalue weighted by Crippen LogP contribution is 2.31. The second kappa shape index (κ2) is 5.14. The van der Waals surface area contributed by atoms with Crippen molar-refractivity contribution in [2.24, 2.45) is 0 Å². The van der Waals surface area contributed by atoms with Gasteiger partial charge in [-0.25, -0.2) is 4.79 Å². The Kier molecular flexibility index (Phi) is 3.76. The molecule has 1 aromatic rings. The molecule has 0 radical (unpaired) electrons. The van der Waals surface area contributed by atoms with Gasteiger partial charge in [0.05, 0.1) is 17.7 Å². The summed E-state index contributed by atoms with van der Waals surface area (Å²) in [6.07, 6.45) is 4.68. The molecule has 0 bridgehead atoms. The van der Waals surface area contributed by atoms with Gasteiger partial charge in [-0.1, -0.05) is 19.3 Å². The number of aliphatic hydroxyl groups excluding tert-OH is 1. The van der Waals surface area contributed by atoms with E-state index in [1.807, 2.05) is 18.4 Å². The van der Waals surface area contributed by atoms with Gasteiger partial charge in [-0.2, -0.15) is 0 Å². The van der Waals surface area contributed by atoms with Crippen molar-refractivity contribution in [1.29, 1.82) is 0 Å². The van der Waals surface area contributed by atoms with Crippen molar-refractivity contribution in [1.82, 2.24) is 4.57 Å². The number of rotatable bonds is 2. The number of carboxylic acid groups (broad SMARTS) is 1. The summed E-state index contributed by atoms with van der Waals surface area (Å²) in [5.74, 6) is -0.891. The standard InChI is InChI=1S/C14H21NO3/c1-9-8-11(14(17)18)10(2)15(9)12-6-4-3-5-7-13(12)16/h8,12-13,16H,3-7H2,1-2H3,(H,17,18). The summed E-state index contributed by atoms with van der Waals surface area (Å²) in [4.78, 5) is 11.1. The van der Waals surface area contributed by atoms with Crippen LogP contribution in [0.2, 0.25) is 0 Å². The average Bonchev–Trinajstić information content (AvgIpc) is 2.49. The zero-order chi connectivity index (χ0) is 13.3. The van der Waals surface area contributed by atoms with Crippen LogP contribution in [-0.2, 0) is 0 Å². The molecule has 1 heterocycles. The molecule has 2 N–H and O–H groups in total. The first-order chi connectivity index (χ1) is 8.52. The molecule has 0 aliphatic heterocycles. The maximum absolute atomic E-state index is 11.1. The fourth-order valence-electron chi connectivity index (χ4n) is 3.07. The second-order valence-corrected chi connectivity index (χ2v) is 5.23. The van der Waals surface area contributed by atoms with Crippen molar-refractivity contribution in [3.05, 3.63) is 23.0 Å². The van der Waals surface area contributed by atoms with E-state index in [1.165, 1.54) is 0 Å². The summed E-state index contributed by atoms with van der Waals surface area (Å²) < 4.78 is 2.01. The smallest absolute Gasteiger partial charge is 0.337 e. The maximum Gasteiger partial charge on any atom is 0.337 e. The lowest BCUT2D eigenvalue weighted by Gasteiger charge is -2.25. The van der Waals surface area contributed by atoms with Crippen LogP contribution in [0.15, 0.2) is 6.07 Å². The van der Waals surface area contributed by atoms with E-state index in [0.29, 0.717) is 5.56 Å². The third-order valence-electron chi connectivity index (χ3n) is 3.99. The normalized spacial score (nSPS) is 24.8. The van der Waals surface area contributed by atoms with E-state index >= 15 is 0 Å². The van der Waals surface area contributed by atoms with Crippen molar-refractivity contribution in [3.63, 3.8) is 0 Å². The second-order valence-electron chi connectivity index (χ2n) is 5.23. The Labute approximate surface area is 107 Å². The quantitative estimate of drug-likeness (QED) is 0.794. The zero-order valence-corrected chi connectivity index (χ0v) is 11.0. The van der Waals surface area contributed by atoms with Crippen molar-refractivity contribution in [3.8, 4) is 0 Å². The van der Waals surface area contributed by atoms with E-state index in [1.54, 1.807) is 6.07 Å². The number of hydrogen-bond acceptors (Lipinski definition) is 2. The van der Waals surface area contributed by atoms with E-state index < -0.39 is 5.97 Å². The number of hydrogen-bond donors (Lipinski definition) is 2. The number of aliphatic hydroxyl groups is 1. The third kappa shape index (κ3) is 2.29. The molecule has 2 atom stereocenters. The molecule has 0 amide bonds. The van der Waals surface area contributed by atoms with Crippen molar-refractivity contribution >= 4 is 5.97 Å². The van der Waals surface area contributed by atoms with Gasteiger partial charge in [-0.3, -0.25) is 0 Å². The lowest BCUT2D eigenvalue weighted by atomic mass is 10.1. The summed E-state index contributed by atoms with van der Waals surface area (Å²) >= 11 is 0. The number of aryl methyl sites for hydroxylation is 1. The van der Waals surface area contributed by atoms with Crippen LogP contribution in [0, 0.1) is 13.8 Å². The molecule has 1 saturated carbocycles. The Morgan fingerprint density at radius 2 is 1.94 bits per heavy atom. The van der Waals surface area contributed by atoms with Crippen LogP contribution in [0.3, 0.4) is 0 Å². The van der Waals surface area contributed by atoms with Gasteiger partial charge in [0.15, 0.2) is 0 Å². The molecule has 18 heavy (non-hydrogen) atoms. The first-order valence-corrected chi connectivity index (χ1v) is 6.62.